The Bertz CT molecular complexity index is 1670. The zero-order chi connectivity index (χ0) is 31.0. The first-order valence-corrected chi connectivity index (χ1v) is 15.1. The van der Waals surface area contributed by atoms with Crippen LogP contribution in [0.4, 0.5) is 15.9 Å². The average Bonchev–Trinajstić information content (AvgIpc) is 3.35. The summed E-state index contributed by atoms with van der Waals surface area (Å²) in [5, 5.41) is 12.2. The summed E-state index contributed by atoms with van der Waals surface area (Å²) in [6, 6.07) is 13.7. The molecule has 2 amide bonds. The molecule has 12 heteroatoms. The maximum absolute atomic E-state index is 13.8. The van der Waals surface area contributed by atoms with Gasteiger partial charge in [0.05, 0.1) is 41.8 Å². The van der Waals surface area contributed by atoms with Gasteiger partial charge in [0.2, 0.25) is 5.91 Å². The van der Waals surface area contributed by atoms with Crippen molar-refractivity contribution in [2.45, 2.75) is 44.3 Å². The van der Waals surface area contributed by atoms with Crippen molar-refractivity contribution < 1.29 is 18.7 Å². The number of fused-ring (bicyclic) bond motifs is 2. The summed E-state index contributed by atoms with van der Waals surface area (Å²) in [6.45, 7) is 5.54. The van der Waals surface area contributed by atoms with Gasteiger partial charge in [-0.2, -0.15) is 15.2 Å². The number of hydrogen-bond donors (Lipinski definition) is 0. The first-order valence-electron chi connectivity index (χ1n) is 14.7. The fourth-order valence-corrected chi connectivity index (χ4v) is 6.72. The summed E-state index contributed by atoms with van der Waals surface area (Å²) in [4.78, 5) is 41.6. The van der Waals surface area contributed by atoms with Crippen molar-refractivity contribution in [3.8, 4) is 12.1 Å². The van der Waals surface area contributed by atoms with Gasteiger partial charge < -0.3 is 24.3 Å². The van der Waals surface area contributed by atoms with Crippen LogP contribution in [0, 0.1) is 11.3 Å². The summed E-state index contributed by atoms with van der Waals surface area (Å²) in [7, 11) is 1.78. The lowest BCUT2D eigenvalue weighted by molar-refractivity contribution is -0.131. The Balaban J connectivity index is 1.34. The van der Waals surface area contributed by atoms with Gasteiger partial charge in [0.25, 0.3) is 5.91 Å². The molecule has 0 radical (unpaired) electrons. The van der Waals surface area contributed by atoms with Crippen LogP contribution in [0.5, 0.6) is 6.01 Å². The maximum atomic E-state index is 13.8. The molecule has 0 saturated carbocycles. The molecule has 3 aliphatic heterocycles. The zero-order valence-electron chi connectivity index (χ0n) is 24.5. The van der Waals surface area contributed by atoms with Gasteiger partial charge in [-0.3, -0.25) is 9.59 Å². The number of carbonyl (C=O) groups is 2. The predicted octanol–water partition coefficient (Wildman–Crippen LogP) is 4.26. The fourth-order valence-electron chi connectivity index (χ4n) is 6.44. The van der Waals surface area contributed by atoms with E-state index in [4.69, 9.17) is 26.3 Å². The van der Waals surface area contributed by atoms with Crippen LogP contribution < -0.4 is 14.5 Å². The number of nitrogens with zero attached hydrogens (tertiary/aromatic N) is 7. The van der Waals surface area contributed by atoms with Crippen molar-refractivity contribution in [3.63, 3.8) is 0 Å². The van der Waals surface area contributed by atoms with Crippen LogP contribution in [0.25, 0.3) is 10.8 Å². The third kappa shape index (κ3) is 5.62. The van der Waals surface area contributed by atoms with E-state index in [0.29, 0.717) is 56.3 Å². The van der Waals surface area contributed by atoms with Crippen molar-refractivity contribution in [1.29, 1.82) is 5.26 Å². The number of amides is 2. The lowest BCUT2D eigenvalue weighted by atomic mass is 10.0. The van der Waals surface area contributed by atoms with Gasteiger partial charge >= 0.3 is 6.01 Å². The average molecular weight is 618 g/mol. The first-order chi connectivity index (χ1) is 21.2. The van der Waals surface area contributed by atoms with E-state index in [1.54, 1.807) is 11.9 Å². The van der Waals surface area contributed by atoms with E-state index in [1.165, 1.54) is 4.90 Å². The first kappa shape index (κ1) is 29.6. The molecule has 3 aromatic rings. The third-order valence-electron chi connectivity index (χ3n) is 8.83. The third-order valence-corrected chi connectivity index (χ3v) is 9.15. The van der Waals surface area contributed by atoms with Gasteiger partial charge in [0.15, 0.2) is 5.83 Å². The minimum absolute atomic E-state index is 0.0454. The quantitative estimate of drug-likeness (QED) is 0.362. The molecule has 0 spiro atoms. The van der Waals surface area contributed by atoms with Crippen LogP contribution in [0.15, 0.2) is 48.8 Å². The van der Waals surface area contributed by atoms with Crippen LogP contribution in [-0.4, -0.2) is 83.5 Å². The van der Waals surface area contributed by atoms with E-state index in [9.17, 15) is 19.2 Å². The molecule has 2 saturated heterocycles. The second-order valence-electron chi connectivity index (χ2n) is 11.4. The number of likely N-dealkylation sites (tertiary alicyclic amines) is 1. The number of halogens is 2. The van der Waals surface area contributed by atoms with E-state index in [1.807, 2.05) is 35.2 Å². The molecule has 1 aromatic heterocycles. The Hall–Kier alpha value is -4.43. The van der Waals surface area contributed by atoms with Crippen LogP contribution in [0.1, 0.15) is 30.5 Å². The molecule has 4 heterocycles. The highest BCUT2D eigenvalue weighted by atomic mass is 35.5. The maximum Gasteiger partial charge on any atom is 0.318 e. The molecule has 2 aromatic carbocycles. The van der Waals surface area contributed by atoms with E-state index in [0.717, 1.165) is 27.7 Å². The monoisotopic (exact) mass is 617 g/mol. The summed E-state index contributed by atoms with van der Waals surface area (Å²) in [5.74, 6) is -1.06. The number of benzene rings is 2. The molecule has 0 N–H and O–H groups in total. The fraction of sp³-hybridized carbons (Fsp3) is 0.406. The van der Waals surface area contributed by atoms with Crippen molar-refractivity contribution in [3.05, 3.63) is 65.1 Å². The van der Waals surface area contributed by atoms with Gasteiger partial charge in [0, 0.05) is 56.3 Å². The normalized spacial score (nSPS) is 20.1. The number of hydrogen-bond acceptors (Lipinski definition) is 8. The van der Waals surface area contributed by atoms with Crippen molar-refractivity contribution in [2.24, 2.45) is 0 Å². The molecule has 10 nitrogen and oxygen atoms in total. The van der Waals surface area contributed by atoms with Gasteiger partial charge in [0.1, 0.15) is 12.4 Å². The van der Waals surface area contributed by atoms with Gasteiger partial charge in [-0.25, -0.2) is 4.39 Å². The molecule has 0 bridgehead atoms. The highest BCUT2D eigenvalue weighted by Gasteiger charge is 2.35. The molecule has 2 atom stereocenters. The van der Waals surface area contributed by atoms with Crippen LogP contribution >= 0.6 is 11.6 Å². The Morgan fingerprint density at radius 3 is 2.66 bits per heavy atom. The van der Waals surface area contributed by atoms with Gasteiger partial charge in [-0.15, -0.1) is 0 Å². The van der Waals surface area contributed by atoms with E-state index in [2.05, 4.69) is 23.6 Å². The number of ether oxygens (including phenoxy) is 1. The molecule has 0 aliphatic carbocycles. The number of aromatic nitrogens is 2. The van der Waals surface area contributed by atoms with Crippen molar-refractivity contribution >= 4 is 45.7 Å². The summed E-state index contributed by atoms with van der Waals surface area (Å²) in [6.07, 6.45) is 1.88. The SMILES string of the molecule is C=C(F)C(=O)N1CCN(c2nc(OCC3CCC(=O)N3C)nc3c2CCN(c2cccc4cccc(Cl)c24)C3)C[C@@H]1CC#N. The Morgan fingerprint density at radius 2 is 1.93 bits per heavy atom. The lowest BCUT2D eigenvalue weighted by Gasteiger charge is -2.42. The predicted molar refractivity (Wildman–Crippen MR) is 165 cm³/mol. The van der Waals surface area contributed by atoms with E-state index < -0.39 is 17.8 Å². The number of nitriles is 1. The summed E-state index contributed by atoms with van der Waals surface area (Å²) >= 11 is 6.67. The Kier molecular flexibility index (Phi) is 8.27. The Morgan fingerprint density at radius 1 is 1.14 bits per heavy atom. The van der Waals surface area contributed by atoms with Crippen LogP contribution in [0.3, 0.4) is 0 Å². The molecule has 228 valence electrons. The summed E-state index contributed by atoms with van der Waals surface area (Å²) in [5.41, 5.74) is 2.79. The number of piperazine rings is 1. The smallest absolute Gasteiger partial charge is 0.318 e. The largest absolute Gasteiger partial charge is 0.461 e. The highest BCUT2D eigenvalue weighted by molar-refractivity contribution is 6.36. The minimum Gasteiger partial charge on any atom is -0.461 e. The summed E-state index contributed by atoms with van der Waals surface area (Å²) < 4.78 is 19.9. The zero-order valence-corrected chi connectivity index (χ0v) is 25.3. The molecule has 1 unspecified atom stereocenters. The Labute approximate surface area is 260 Å². The molecule has 44 heavy (non-hydrogen) atoms. The van der Waals surface area contributed by atoms with Gasteiger partial charge in [-0.05, 0) is 30.4 Å². The standard InChI is InChI=1S/C32H33ClFN7O3/c1-20(34)31(43)41-16-15-40(17-22(41)11-13-35)30-24-12-14-39(27-8-4-6-21-5-3-7-25(33)29(21)27)18-26(24)36-32(37-30)44-19-23-9-10-28(42)38(23)2/h3-8,22-23H,1,9-12,14-19H2,2H3/t22-,23?/m0/s1. The number of carbonyl (C=O) groups excluding carboxylic acids is 2. The molecule has 6 rings (SSSR count). The van der Waals surface area contributed by atoms with E-state index >= 15 is 0 Å². The molecule has 3 aliphatic rings. The number of likely N-dealkylation sites (N-methyl/N-ethyl adjacent to an activating group) is 1. The number of anilines is 2. The molecule has 2 fully saturated rings. The van der Waals surface area contributed by atoms with Crippen LogP contribution in [0.2, 0.25) is 5.02 Å². The van der Waals surface area contributed by atoms with Crippen LogP contribution in [-0.2, 0) is 22.6 Å². The topological polar surface area (TPSA) is 106 Å². The second-order valence-corrected chi connectivity index (χ2v) is 11.8. The van der Waals surface area contributed by atoms with E-state index in [-0.39, 0.29) is 37.5 Å². The van der Waals surface area contributed by atoms with Crippen molar-refractivity contribution in [1.82, 2.24) is 19.8 Å². The molecular weight excluding hydrogens is 585 g/mol. The molecular formula is C32H33ClFN7O3. The minimum atomic E-state index is -1.04. The number of rotatable bonds is 7. The van der Waals surface area contributed by atoms with Crippen molar-refractivity contribution in [2.75, 3.05) is 49.6 Å². The lowest BCUT2D eigenvalue weighted by Crippen LogP contribution is -2.55. The highest BCUT2D eigenvalue weighted by Crippen LogP contribution is 2.37. The van der Waals surface area contributed by atoms with Gasteiger partial charge in [-0.1, -0.05) is 42.4 Å². The second kappa shape index (κ2) is 12.3.